The Hall–Kier alpha value is -1.95. The molecule has 0 saturated carbocycles. The molecule has 1 atom stereocenters. The minimum atomic E-state index is -0.653. The van der Waals surface area contributed by atoms with Gasteiger partial charge >= 0.3 is 0 Å². The second-order valence-corrected chi connectivity index (χ2v) is 6.10. The third-order valence-electron chi connectivity index (χ3n) is 3.99. The van der Waals surface area contributed by atoms with Gasteiger partial charge in [0.05, 0.1) is 5.56 Å². The van der Waals surface area contributed by atoms with Crippen LogP contribution < -0.4 is 10.6 Å². The molecule has 6 heteroatoms. The Morgan fingerprint density at radius 1 is 1.22 bits per heavy atom. The summed E-state index contributed by atoms with van der Waals surface area (Å²) in [6.07, 6.45) is 0.887. The molecule has 1 unspecified atom stereocenters. The highest BCUT2D eigenvalue weighted by Crippen LogP contribution is 2.11. The lowest BCUT2D eigenvalue weighted by Crippen LogP contribution is -2.52. The SMILES string of the molecule is CC(C)C(NC(=O)c1ccccc1F)C(=O)N1CCCNCC1. The summed E-state index contributed by atoms with van der Waals surface area (Å²) in [5, 5.41) is 5.94. The fourth-order valence-corrected chi connectivity index (χ4v) is 2.64. The van der Waals surface area contributed by atoms with Crippen molar-refractivity contribution < 1.29 is 14.0 Å². The summed E-state index contributed by atoms with van der Waals surface area (Å²) in [6.45, 7) is 6.68. The van der Waals surface area contributed by atoms with E-state index in [1.807, 2.05) is 13.8 Å². The van der Waals surface area contributed by atoms with Gasteiger partial charge in [-0.1, -0.05) is 26.0 Å². The van der Waals surface area contributed by atoms with Crippen molar-refractivity contribution in [2.45, 2.75) is 26.3 Å². The van der Waals surface area contributed by atoms with E-state index in [9.17, 15) is 14.0 Å². The maximum atomic E-state index is 13.7. The van der Waals surface area contributed by atoms with Crippen molar-refractivity contribution in [1.82, 2.24) is 15.5 Å². The molecule has 0 aromatic heterocycles. The third kappa shape index (κ3) is 4.51. The van der Waals surface area contributed by atoms with Gasteiger partial charge in [-0.2, -0.15) is 0 Å². The van der Waals surface area contributed by atoms with E-state index in [1.54, 1.807) is 11.0 Å². The first-order chi connectivity index (χ1) is 11.0. The lowest BCUT2D eigenvalue weighted by atomic mass is 10.0. The number of carbonyl (C=O) groups excluding carboxylic acids is 2. The second-order valence-electron chi connectivity index (χ2n) is 6.10. The van der Waals surface area contributed by atoms with Gasteiger partial charge in [0.2, 0.25) is 5.91 Å². The first kappa shape index (κ1) is 17.4. The van der Waals surface area contributed by atoms with Crippen LogP contribution in [0.4, 0.5) is 4.39 Å². The number of carbonyl (C=O) groups is 2. The molecular weight excluding hydrogens is 297 g/mol. The van der Waals surface area contributed by atoms with Gasteiger partial charge < -0.3 is 15.5 Å². The van der Waals surface area contributed by atoms with E-state index in [0.717, 1.165) is 19.5 Å². The molecule has 1 fully saturated rings. The second kappa shape index (κ2) is 8.06. The van der Waals surface area contributed by atoms with Crippen LogP contribution in [0.3, 0.4) is 0 Å². The molecule has 126 valence electrons. The summed E-state index contributed by atoms with van der Waals surface area (Å²) in [5.74, 6) is -1.31. The van der Waals surface area contributed by atoms with E-state index < -0.39 is 17.8 Å². The quantitative estimate of drug-likeness (QED) is 0.881. The molecule has 0 bridgehead atoms. The normalized spacial score (nSPS) is 16.8. The number of amides is 2. The minimum absolute atomic E-state index is 0.0384. The molecule has 0 radical (unpaired) electrons. The zero-order valence-electron chi connectivity index (χ0n) is 13.6. The van der Waals surface area contributed by atoms with Gasteiger partial charge in [-0.05, 0) is 31.0 Å². The van der Waals surface area contributed by atoms with E-state index in [4.69, 9.17) is 0 Å². The summed E-state index contributed by atoms with van der Waals surface area (Å²) in [7, 11) is 0. The number of benzene rings is 1. The summed E-state index contributed by atoms with van der Waals surface area (Å²) >= 11 is 0. The van der Waals surface area contributed by atoms with E-state index in [1.165, 1.54) is 18.2 Å². The molecule has 1 aliphatic heterocycles. The van der Waals surface area contributed by atoms with Gasteiger partial charge in [0, 0.05) is 19.6 Å². The van der Waals surface area contributed by atoms with Crippen LogP contribution in [0.25, 0.3) is 0 Å². The van der Waals surface area contributed by atoms with E-state index in [0.29, 0.717) is 13.1 Å². The fourth-order valence-electron chi connectivity index (χ4n) is 2.64. The molecule has 1 aliphatic rings. The van der Waals surface area contributed by atoms with Crippen LogP contribution >= 0.6 is 0 Å². The van der Waals surface area contributed by atoms with Crippen molar-refractivity contribution in [2.24, 2.45) is 5.92 Å². The lowest BCUT2D eigenvalue weighted by Gasteiger charge is -2.28. The zero-order chi connectivity index (χ0) is 16.8. The van der Waals surface area contributed by atoms with Crippen LogP contribution in [-0.2, 0) is 4.79 Å². The van der Waals surface area contributed by atoms with Gasteiger partial charge in [0.1, 0.15) is 11.9 Å². The van der Waals surface area contributed by atoms with Crippen LogP contribution in [0.2, 0.25) is 0 Å². The molecule has 0 spiro atoms. The molecule has 1 aromatic rings. The highest BCUT2D eigenvalue weighted by molar-refractivity contribution is 5.97. The standard InChI is InChI=1S/C17H24FN3O2/c1-12(2)15(17(23)21-10-5-8-19-9-11-21)20-16(22)13-6-3-4-7-14(13)18/h3-4,6-7,12,15,19H,5,8-11H2,1-2H3,(H,20,22). The Bertz CT molecular complexity index is 555. The van der Waals surface area contributed by atoms with Gasteiger partial charge in [-0.25, -0.2) is 4.39 Å². The minimum Gasteiger partial charge on any atom is -0.340 e. The molecule has 1 heterocycles. The Morgan fingerprint density at radius 3 is 2.65 bits per heavy atom. The maximum Gasteiger partial charge on any atom is 0.254 e. The number of rotatable bonds is 4. The summed E-state index contributed by atoms with van der Waals surface area (Å²) < 4.78 is 13.7. The Labute approximate surface area is 136 Å². The van der Waals surface area contributed by atoms with Crippen LogP contribution in [0.5, 0.6) is 0 Å². The topological polar surface area (TPSA) is 61.4 Å². The van der Waals surface area contributed by atoms with E-state index >= 15 is 0 Å². The number of nitrogens with zero attached hydrogens (tertiary/aromatic N) is 1. The summed E-state index contributed by atoms with van der Waals surface area (Å²) in [6, 6.07) is 5.14. The van der Waals surface area contributed by atoms with Gasteiger partial charge in [-0.15, -0.1) is 0 Å². The first-order valence-electron chi connectivity index (χ1n) is 8.05. The molecular formula is C17H24FN3O2. The van der Waals surface area contributed by atoms with Crippen molar-refractivity contribution in [1.29, 1.82) is 0 Å². The predicted molar refractivity (Wildman–Crippen MR) is 86.6 cm³/mol. The largest absolute Gasteiger partial charge is 0.340 e. The molecule has 0 aliphatic carbocycles. The van der Waals surface area contributed by atoms with Crippen LogP contribution in [-0.4, -0.2) is 48.9 Å². The highest BCUT2D eigenvalue weighted by atomic mass is 19.1. The van der Waals surface area contributed by atoms with Crippen molar-refractivity contribution in [2.75, 3.05) is 26.2 Å². The average Bonchev–Trinajstić information content (AvgIpc) is 2.81. The van der Waals surface area contributed by atoms with Crippen LogP contribution in [0.15, 0.2) is 24.3 Å². The molecule has 5 nitrogen and oxygen atoms in total. The van der Waals surface area contributed by atoms with Crippen molar-refractivity contribution >= 4 is 11.8 Å². The van der Waals surface area contributed by atoms with Gasteiger partial charge in [-0.3, -0.25) is 9.59 Å². The highest BCUT2D eigenvalue weighted by Gasteiger charge is 2.29. The van der Waals surface area contributed by atoms with Gasteiger partial charge in [0.25, 0.3) is 5.91 Å². The van der Waals surface area contributed by atoms with Crippen LogP contribution in [0, 0.1) is 11.7 Å². The molecule has 2 N–H and O–H groups in total. The fraction of sp³-hybridized carbons (Fsp3) is 0.529. The molecule has 2 amide bonds. The third-order valence-corrected chi connectivity index (χ3v) is 3.99. The van der Waals surface area contributed by atoms with Gasteiger partial charge in [0.15, 0.2) is 0 Å². The Morgan fingerprint density at radius 2 is 1.96 bits per heavy atom. The summed E-state index contributed by atoms with van der Waals surface area (Å²) in [4.78, 5) is 26.8. The van der Waals surface area contributed by atoms with E-state index in [-0.39, 0.29) is 17.4 Å². The first-order valence-corrected chi connectivity index (χ1v) is 8.05. The van der Waals surface area contributed by atoms with Crippen molar-refractivity contribution in [3.05, 3.63) is 35.6 Å². The summed E-state index contributed by atoms with van der Waals surface area (Å²) in [5.41, 5.74) is -0.0384. The van der Waals surface area contributed by atoms with Crippen LogP contribution in [0.1, 0.15) is 30.6 Å². The maximum absolute atomic E-state index is 13.7. The molecule has 1 saturated heterocycles. The van der Waals surface area contributed by atoms with Crippen molar-refractivity contribution in [3.63, 3.8) is 0 Å². The Kier molecular flexibility index (Phi) is 6.10. The number of halogens is 1. The number of hydrogen-bond acceptors (Lipinski definition) is 3. The smallest absolute Gasteiger partial charge is 0.254 e. The molecule has 2 rings (SSSR count). The molecule has 23 heavy (non-hydrogen) atoms. The van der Waals surface area contributed by atoms with Crippen molar-refractivity contribution in [3.8, 4) is 0 Å². The predicted octanol–water partition coefficient (Wildman–Crippen LogP) is 1.40. The number of hydrogen-bond donors (Lipinski definition) is 2. The average molecular weight is 321 g/mol. The monoisotopic (exact) mass is 321 g/mol. The van der Waals surface area contributed by atoms with E-state index in [2.05, 4.69) is 10.6 Å². The Balaban J connectivity index is 2.10. The molecule has 1 aromatic carbocycles. The zero-order valence-corrected chi connectivity index (χ0v) is 13.6. The lowest BCUT2D eigenvalue weighted by molar-refractivity contribution is -0.134. The number of nitrogens with one attached hydrogen (secondary N) is 2.